The zero-order chi connectivity index (χ0) is 24.8. The highest BCUT2D eigenvalue weighted by Gasteiger charge is 2.30. The Bertz CT molecular complexity index is 1200. The van der Waals surface area contributed by atoms with Crippen molar-refractivity contribution in [3.8, 4) is 17.2 Å². The van der Waals surface area contributed by atoms with E-state index in [4.69, 9.17) is 25.8 Å². The average Bonchev–Trinajstić information content (AvgIpc) is 2.86. The fourth-order valence-corrected chi connectivity index (χ4v) is 4.31. The van der Waals surface area contributed by atoms with Crippen LogP contribution in [-0.4, -0.2) is 31.6 Å². The molecule has 4 rings (SSSR count). The van der Waals surface area contributed by atoms with E-state index in [0.717, 1.165) is 16.5 Å². The second-order valence-corrected chi connectivity index (χ2v) is 9.34. The van der Waals surface area contributed by atoms with Crippen LogP contribution in [0.15, 0.2) is 65.1 Å². The van der Waals surface area contributed by atoms with Gasteiger partial charge in [0.2, 0.25) is 0 Å². The van der Waals surface area contributed by atoms with E-state index in [9.17, 15) is 9.59 Å². The maximum absolute atomic E-state index is 12.5. The fraction of sp³-hybridized carbons (Fsp3) is 0.259. The van der Waals surface area contributed by atoms with Gasteiger partial charge in [0, 0.05) is 28.2 Å². The smallest absolute Gasteiger partial charge is 0.313 e. The molecule has 35 heavy (non-hydrogen) atoms. The summed E-state index contributed by atoms with van der Waals surface area (Å²) >= 11 is 9.87. The number of carbonyl (C=O) groups is 2. The number of carbonyl (C=O) groups excluding carboxylic acids is 2. The van der Waals surface area contributed by atoms with Crippen molar-refractivity contribution in [3.05, 3.63) is 86.8 Å². The van der Waals surface area contributed by atoms with E-state index in [1.54, 1.807) is 43.3 Å². The normalized spacial score (nSPS) is 14.4. The first-order valence-electron chi connectivity index (χ1n) is 11.4. The molecule has 0 saturated heterocycles. The lowest BCUT2D eigenvalue weighted by molar-refractivity contribution is -0.145. The Hall–Kier alpha value is -3.03. The molecule has 0 fully saturated rings. The molecule has 8 heteroatoms. The third-order valence-electron chi connectivity index (χ3n) is 5.63. The average molecular weight is 559 g/mol. The van der Waals surface area contributed by atoms with E-state index in [0.29, 0.717) is 59.6 Å². The maximum Gasteiger partial charge on any atom is 0.313 e. The van der Waals surface area contributed by atoms with Crippen molar-refractivity contribution in [2.75, 3.05) is 19.8 Å². The molecule has 1 atom stereocenters. The monoisotopic (exact) mass is 557 g/mol. The molecular formula is C27H25BrClNO5. The lowest BCUT2D eigenvalue weighted by Crippen LogP contribution is -2.25. The second-order valence-electron chi connectivity index (χ2n) is 8.02. The third-order valence-corrected chi connectivity index (χ3v) is 6.46. The van der Waals surface area contributed by atoms with Crippen LogP contribution in [0.4, 0.5) is 0 Å². The quantitative estimate of drug-likeness (QED) is 0.329. The highest BCUT2D eigenvalue weighted by atomic mass is 79.9. The van der Waals surface area contributed by atoms with Gasteiger partial charge in [0.15, 0.2) is 0 Å². The zero-order valence-corrected chi connectivity index (χ0v) is 21.5. The molecule has 1 aliphatic heterocycles. The molecule has 1 heterocycles. The van der Waals surface area contributed by atoms with Gasteiger partial charge in [-0.05, 0) is 67.8 Å². The molecule has 3 aromatic carbocycles. The van der Waals surface area contributed by atoms with Gasteiger partial charge in [0.05, 0.1) is 24.2 Å². The maximum atomic E-state index is 12.5. The number of hydrogen-bond donors (Lipinski definition) is 1. The van der Waals surface area contributed by atoms with Gasteiger partial charge in [0.25, 0.3) is 5.91 Å². The molecule has 1 aliphatic rings. The van der Waals surface area contributed by atoms with Crippen LogP contribution < -0.4 is 14.8 Å². The van der Waals surface area contributed by atoms with Gasteiger partial charge < -0.3 is 19.5 Å². The molecule has 6 nitrogen and oxygen atoms in total. The lowest BCUT2D eigenvalue weighted by Gasteiger charge is -2.25. The van der Waals surface area contributed by atoms with Crippen LogP contribution in [0, 0.1) is 0 Å². The molecule has 0 aliphatic carbocycles. The molecule has 3 aromatic rings. The number of rotatable bonds is 8. The van der Waals surface area contributed by atoms with E-state index in [-0.39, 0.29) is 11.9 Å². The van der Waals surface area contributed by atoms with Crippen molar-refractivity contribution in [1.29, 1.82) is 0 Å². The summed E-state index contributed by atoms with van der Waals surface area (Å²) < 4.78 is 17.9. The third kappa shape index (κ3) is 6.35. The highest BCUT2D eigenvalue weighted by molar-refractivity contribution is 9.10. The lowest BCUT2D eigenvalue weighted by atomic mass is 9.93. The summed E-state index contributed by atoms with van der Waals surface area (Å²) in [6, 6.07) is 18.2. The van der Waals surface area contributed by atoms with E-state index < -0.39 is 5.92 Å². The van der Waals surface area contributed by atoms with E-state index in [2.05, 4.69) is 21.2 Å². The number of fused-ring (bicyclic) bond motifs is 1. The first kappa shape index (κ1) is 25.1. The number of benzene rings is 3. The Morgan fingerprint density at radius 1 is 1.11 bits per heavy atom. The van der Waals surface area contributed by atoms with Crippen LogP contribution in [0.2, 0.25) is 5.02 Å². The van der Waals surface area contributed by atoms with E-state index in [1.807, 2.05) is 24.3 Å². The van der Waals surface area contributed by atoms with Gasteiger partial charge >= 0.3 is 5.97 Å². The van der Waals surface area contributed by atoms with Crippen LogP contribution in [0.5, 0.6) is 17.2 Å². The molecule has 1 amide bonds. The molecule has 0 bridgehead atoms. The molecule has 1 unspecified atom stereocenters. The Morgan fingerprint density at radius 3 is 2.57 bits per heavy atom. The summed E-state index contributed by atoms with van der Waals surface area (Å²) in [6.07, 6.45) is 1.28. The van der Waals surface area contributed by atoms with Gasteiger partial charge in [-0.15, -0.1) is 0 Å². The van der Waals surface area contributed by atoms with E-state index in [1.165, 1.54) is 0 Å². The SMILES string of the molecule is CCOC(=O)C1CCOc2cc(Oc3ccc(C(=O)NCCc4ccc(Br)cc4)cc3)c(Cl)cc21. The van der Waals surface area contributed by atoms with Gasteiger partial charge in [-0.2, -0.15) is 0 Å². The van der Waals surface area contributed by atoms with Crippen LogP contribution in [-0.2, 0) is 16.0 Å². The van der Waals surface area contributed by atoms with Crippen LogP contribution in [0.1, 0.15) is 40.7 Å². The summed E-state index contributed by atoms with van der Waals surface area (Å²) in [5.74, 6) is 0.631. The Balaban J connectivity index is 1.38. The first-order valence-corrected chi connectivity index (χ1v) is 12.5. The van der Waals surface area contributed by atoms with Crippen LogP contribution in [0.3, 0.4) is 0 Å². The predicted molar refractivity (Wildman–Crippen MR) is 138 cm³/mol. The van der Waals surface area contributed by atoms with Crippen molar-refractivity contribution >= 4 is 39.4 Å². The Morgan fingerprint density at radius 2 is 1.86 bits per heavy atom. The van der Waals surface area contributed by atoms with Crippen LogP contribution >= 0.6 is 27.5 Å². The minimum atomic E-state index is -0.410. The topological polar surface area (TPSA) is 73.9 Å². The molecule has 0 saturated carbocycles. The van der Waals surface area contributed by atoms with Gasteiger partial charge in [-0.25, -0.2) is 0 Å². The van der Waals surface area contributed by atoms with Gasteiger partial charge in [0.1, 0.15) is 17.2 Å². The minimum absolute atomic E-state index is 0.154. The zero-order valence-electron chi connectivity index (χ0n) is 19.2. The molecular weight excluding hydrogens is 534 g/mol. The fourth-order valence-electron chi connectivity index (χ4n) is 3.83. The molecule has 0 aromatic heterocycles. The molecule has 0 radical (unpaired) electrons. The molecule has 182 valence electrons. The summed E-state index contributed by atoms with van der Waals surface area (Å²) in [5, 5.41) is 3.29. The minimum Gasteiger partial charge on any atom is -0.493 e. The number of amides is 1. The largest absolute Gasteiger partial charge is 0.493 e. The van der Waals surface area contributed by atoms with Crippen molar-refractivity contribution in [2.24, 2.45) is 0 Å². The van der Waals surface area contributed by atoms with Crippen molar-refractivity contribution < 1.29 is 23.8 Å². The number of hydrogen-bond acceptors (Lipinski definition) is 5. The summed E-state index contributed by atoms with van der Waals surface area (Å²) in [5.41, 5.74) is 2.38. The van der Waals surface area contributed by atoms with Gasteiger partial charge in [-0.3, -0.25) is 9.59 Å². The molecule has 1 N–H and O–H groups in total. The number of ether oxygens (including phenoxy) is 3. The summed E-state index contributed by atoms with van der Waals surface area (Å²) in [6.45, 7) is 3.04. The van der Waals surface area contributed by atoms with E-state index >= 15 is 0 Å². The number of halogens is 2. The van der Waals surface area contributed by atoms with Crippen LogP contribution in [0.25, 0.3) is 0 Å². The first-order chi connectivity index (χ1) is 16.9. The predicted octanol–water partition coefficient (Wildman–Crippen LogP) is 6.30. The number of nitrogens with one attached hydrogen (secondary N) is 1. The summed E-state index contributed by atoms with van der Waals surface area (Å²) in [4.78, 5) is 24.8. The number of esters is 1. The Kier molecular flexibility index (Phi) is 8.31. The standard InChI is InChI=1S/C27H25BrClNO5/c1-2-33-27(32)21-12-14-34-24-16-25(23(29)15-22(21)24)35-20-9-5-18(6-10-20)26(31)30-13-11-17-3-7-19(28)8-4-17/h3-10,15-16,21H,2,11-14H2,1H3,(H,30,31). The molecule has 0 spiro atoms. The van der Waals surface area contributed by atoms with Crippen molar-refractivity contribution in [1.82, 2.24) is 5.32 Å². The van der Waals surface area contributed by atoms with Crippen molar-refractivity contribution in [3.63, 3.8) is 0 Å². The Labute approximate surface area is 217 Å². The van der Waals surface area contributed by atoms with Crippen molar-refractivity contribution in [2.45, 2.75) is 25.7 Å². The summed E-state index contributed by atoms with van der Waals surface area (Å²) in [7, 11) is 0. The second kappa shape index (κ2) is 11.6. The highest BCUT2D eigenvalue weighted by Crippen LogP contribution is 2.42. The van der Waals surface area contributed by atoms with Gasteiger partial charge in [-0.1, -0.05) is 39.7 Å².